The zero-order valence-electron chi connectivity index (χ0n) is 13.6. The lowest BCUT2D eigenvalue weighted by Gasteiger charge is -2.28. The minimum atomic E-state index is -0.381. The number of hydrogen-bond acceptors (Lipinski definition) is 2. The standard InChI is InChI=1S/C18H22Cl2N2O2/c19-14-9-8-12(11-15(14)20)18(24)22-10-4-7-16(22)17(23)21-13-5-2-1-3-6-13/h8-9,11,13,16H,1-7,10H2,(H,21,23). The van der Waals surface area contributed by atoms with Gasteiger partial charge in [0.05, 0.1) is 10.0 Å². The Morgan fingerprint density at radius 1 is 1.00 bits per heavy atom. The first kappa shape index (κ1) is 17.6. The van der Waals surface area contributed by atoms with Gasteiger partial charge in [-0.25, -0.2) is 0 Å². The van der Waals surface area contributed by atoms with Crippen molar-refractivity contribution in [2.45, 2.75) is 57.0 Å². The van der Waals surface area contributed by atoms with Crippen molar-refractivity contribution >= 4 is 35.0 Å². The summed E-state index contributed by atoms with van der Waals surface area (Å²) in [4.78, 5) is 27.1. The molecule has 4 nitrogen and oxygen atoms in total. The third kappa shape index (κ3) is 3.86. The number of carbonyl (C=O) groups is 2. The van der Waals surface area contributed by atoms with Crippen LogP contribution in [0.3, 0.4) is 0 Å². The molecule has 24 heavy (non-hydrogen) atoms. The number of halogens is 2. The molecule has 1 atom stereocenters. The minimum Gasteiger partial charge on any atom is -0.352 e. The Kier molecular flexibility index (Phi) is 5.67. The Bertz CT molecular complexity index is 629. The quantitative estimate of drug-likeness (QED) is 0.874. The van der Waals surface area contributed by atoms with Crippen molar-refractivity contribution in [2.75, 3.05) is 6.54 Å². The highest BCUT2D eigenvalue weighted by Crippen LogP contribution is 2.26. The molecule has 3 rings (SSSR count). The Morgan fingerprint density at radius 3 is 2.46 bits per heavy atom. The zero-order chi connectivity index (χ0) is 17.1. The van der Waals surface area contributed by atoms with Gasteiger partial charge in [-0.3, -0.25) is 9.59 Å². The molecule has 1 heterocycles. The van der Waals surface area contributed by atoms with Crippen molar-refractivity contribution in [3.8, 4) is 0 Å². The number of nitrogens with one attached hydrogen (secondary N) is 1. The monoisotopic (exact) mass is 368 g/mol. The first-order chi connectivity index (χ1) is 11.6. The van der Waals surface area contributed by atoms with Crippen LogP contribution in [-0.2, 0) is 4.79 Å². The van der Waals surface area contributed by atoms with Crippen LogP contribution in [0.25, 0.3) is 0 Å². The molecule has 0 spiro atoms. The normalized spacial score (nSPS) is 21.8. The number of nitrogens with zero attached hydrogens (tertiary/aromatic N) is 1. The van der Waals surface area contributed by atoms with Gasteiger partial charge in [0.2, 0.25) is 5.91 Å². The van der Waals surface area contributed by atoms with E-state index in [1.54, 1.807) is 23.1 Å². The van der Waals surface area contributed by atoms with Gasteiger partial charge in [-0.2, -0.15) is 0 Å². The Balaban J connectivity index is 1.68. The Morgan fingerprint density at radius 2 is 1.75 bits per heavy atom. The summed E-state index contributed by atoms with van der Waals surface area (Å²) in [6, 6.07) is 4.72. The molecular formula is C18H22Cl2N2O2. The third-order valence-corrected chi connectivity index (χ3v) is 5.67. The Hall–Kier alpha value is -1.26. The van der Waals surface area contributed by atoms with Crippen LogP contribution in [0.5, 0.6) is 0 Å². The maximum Gasteiger partial charge on any atom is 0.254 e. The molecular weight excluding hydrogens is 347 g/mol. The fraction of sp³-hybridized carbons (Fsp3) is 0.556. The van der Waals surface area contributed by atoms with Gasteiger partial charge in [0, 0.05) is 18.2 Å². The van der Waals surface area contributed by atoms with Gasteiger partial charge in [0.15, 0.2) is 0 Å². The third-order valence-electron chi connectivity index (χ3n) is 4.93. The maximum absolute atomic E-state index is 12.8. The molecule has 0 aromatic heterocycles. The molecule has 1 aromatic carbocycles. The summed E-state index contributed by atoms with van der Waals surface area (Å²) in [5, 5.41) is 3.91. The van der Waals surface area contributed by atoms with Crippen LogP contribution in [0.2, 0.25) is 10.0 Å². The number of rotatable bonds is 3. The van der Waals surface area contributed by atoms with Gasteiger partial charge in [0.25, 0.3) is 5.91 Å². The average molecular weight is 369 g/mol. The van der Waals surface area contributed by atoms with Crippen LogP contribution < -0.4 is 5.32 Å². The summed E-state index contributed by atoms with van der Waals surface area (Å²) in [5.74, 6) is -0.178. The molecule has 1 unspecified atom stereocenters. The minimum absolute atomic E-state index is 0.0205. The van der Waals surface area contributed by atoms with Crippen molar-refractivity contribution in [3.05, 3.63) is 33.8 Å². The van der Waals surface area contributed by atoms with Gasteiger partial charge in [-0.1, -0.05) is 42.5 Å². The van der Waals surface area contributed by atoms with E-state index in [-0.39, 0.29) is 23.9 Å². The number of amides is 2. The van der Waals surface area contributed by atoms with Gasteiger partial charge in [0.1, 0.15) is 6.04 Å². The van der Waals surface area contributed by atoms with Crippen molar-refractivity contribution in [1.82, 2.24) is 10.2 Å². The van der Waals surface area contributed by atoms with E-state index in [0.717, 1.165) is 19.3 Å². The molecule has 1 aliphatic carbocycles. The topological polar surface area (TPSA) is 49.4 Å². The van der Waals surface area contributed by atoms with Gasteiger partial charge in [-0.05, 0) is 43.9 Å². The second-order valence-electron chi connectivity index (χ2n) is 6.63. The summed E-state index contributed by atoms with van der Waals surface area (Å²) >= 11 is 11.9. The van der Waals surface area contributed by atoms with E-state index in [4.69, 9.17) is 23.2 Å². The smallest absolute Gasteiger partial charge is 0.254 e. The lowest BCUT2D eigenvalue weighted by molar-refractivity contribution is -0.125. The highest BCUT2D eigenvalue weighted by atomic mass is 35.5. The summed E-state index contributed by atoms with van der Waals surface area (Å²) in [5.41, 5.74) is 0.474. The number of likely N-dealkylation sites (tertiary alicyclic amines) is 1. The van der Waals surface area contributed by atoms with Crippen LogP contribution in [0.4, 0.5) is 0 Å². The first-order valence-electron chi connectivity index (χ1n) is 8.62. The lowest BCUT2D eigenvalue weighted by atomic mass is 9.95. The van der Waals surface area contributed by atoms with Crippen molar-refractivity contribution < 1.29 is 9.59 Å². The van der Waals surface area contributed by atoms with Gasteiger partial charge in [-0.15, -0.1) is 0 Å². The molecule has 1 saturated heterocycles. The second-order valence-corrected chi connectivity index (χ2v) is 7.44. The van der Waals surface area contributed by atoms with Crippen LogP contribution in [0, 0.1) is 0 Å². The molecule has 6 heteroatoms. The SMILES string of the molecule is O=C(NC1CCCCC1)C1CCCN1C(=O)c1ccc(Cl)c(Cl)c1. The van der Waals surface area contributed by atoms with E-state index in [1.165, 1.54) is 19.3 Å². The molecule has 2 aliphatic rings. The average Bonchev–Trinajstić information content (AvgIpc) is 3.07. The highest BCUT2D eigenvalue weighted by Gasteiger charge is 2.35. The van der Waals surface area contributed by atoms with E-state index < -0.39 is 0 Å². The molecule has 1 N–H and O–H groups in total. The molecule has 0 radical (unpaired) electrons. The van der Waals surface area contributed by atoms with E-state index in [2.05, 4.69) is 5.32 Å². The lowest BCUT2D eigenvalue weighted by Crippen LogP contribution is -2.49. The predicted molar refractivity (Wildman–Crippen MR) is 95.5 cm³/mol. The van der Waals surface area contributed by atoms with Crippen LogP contribution >= 0.6 is 23.2 Å². The molecule has 2 fully saturated rings. The molecule has 1 aromatic rings. The van der Waals surface area contributed by atoms with Crippen molar-refractivity contribution in [2.24, 2.45) is 0 Å². The van der Waals surface area contributed by atoms with Crippen LogP contribution in [-0.4, -0.2) is 35.3 Å². The maximum atomic E-state index is 12.8. The molecule has 1 saturated carbocycles. The largest absolute Gasteiger partial charge is 0.352 e. The summed E-state index contributed by atoms with van der Waals surface area (Å²) in [6.07, 6.45) is 7.22. The molecule has 0 bridgehead atoms. The van der Waals surface area contributed by atoms with Crippen molar-refractivity contribution in [1.29, 1.82) is 0 Å². The molecule has 1 aliphatic heterocycles. The molecule has 2 amide bonds. The molecule has 130 valence electrons. The van der Waals surface area contributed by atoms with Crippen LogP contribution in [0.1, 0.15) is 55.3 Å². The van der Waals surface area contributed by atoms with Gasteiger partial charge >= 0.3 is 0 Å². The van der Waals surface area contributed by atoms with E-state index in [0.29, 0.717) is 28.6 Å². The summed E-state index contributed by atoms with van der Waals surface area (Å²) < 4.78 is 0. The highest BCUT2D eigenvalue weighted by molar-refractivity contribution is 6.42. The van der Waals surface area contributed by atoms with E-state index in [1.807, 2.05) is 0 Å². The van der Waals surface area contributed by atoms with Gasteiger partial charge < -0.3 is 10.2 Å². The second kappa shape index (κ2) is 7.75. The number of hydrogen-bond donors (Lipinski definition) is 1. The predicted octanol–water partition coefficient (Wildman–Crippen LogP) is 4.05. The summed E-state index contributed by atoms with van der Waals surface area (Å²) in [7, 11) is 0. The summed E-state index contributed by atoms with van der Waals surface area (Å²) in [6.45, 7) is 0.599. The fourth-order valence-electron chi connectivity index (χ4n) is 3.62. The number of benzene rings is 1. The van der Waals surface area contributed by atoms with Crippen LogP contribution in [0.15, 0.2) is 18.2 Å². The van der Waals surface area contributed by atoms with Crippen molar-refractivity contribution in [3.63, 3.8) is 0 Å². The van der Waals surface area contributed by atoms with E-state index in [9.17, 15) is 9.59 Å². The zero-order valence-corrected chi connectivity index (χ0v) is 15.1. The Labute approximate surface area is 152 Å². The van der Waals surface area contributed by atoms with E-state index >= 15 is 0 Å². The number of carbonyl (C=O) groups excluding carboxylic acids is 2. The fourth-order valence-corrected chi connectivity index (χ4v) is 3.92. The first-order valence-corrected chi connectivity index (χ1v) is 9.38.